The molecule has 0 fully saturated rings. The van der Waals surface area contributed by atoms with Crippen molar-refractivity contribution in [2.24, 2.45) is 0 Å². The highest BCUT2D eigenvalue weighted by molar-refractivity contribution is 4.51. The van der Waals surface area contributed by atoms with E-state index in [1.807, 2.05) is 0 Å². The van der Waals surface area contributed by atoms with Crippen LogP contribution in [0.15, 0.2) is 0 Å². The topological polar surface area (TPSA) is 0 Å². The number of hydrogen-bond acceptors (Lipinski definition) is 0. The molecule has 0 heterocycles. The van der Waals surface area contributed by atoms with Crippen LogP contribution in [-0.4, -0.2) is 30.7 Å². The lowest BCUT2D eigenvalue weighted by Gasteiger charge is -2.35. The molecule has 0 radical (unpaired) electrons. The molecule has 1 nitrogen and oxygen atoms in total. The van der Waals surface area contributed by atoms with Crippen molar-refractivity contribution >= 4 is 0 Å². The first kappa shape index (κ1) is 32.6. The Kier molecular flexibility index (Phi) is 27.9. The maximum Gasteiger partial charge on any atom is 0.0786 e. The van der Waals surface area contributed by atoms with Crippen LogP contribution in [0.4, 0.5) is 0 Å². The summed E-state index contributed by atoms with van der Waals surface area (Å²) in [6.45, 7) is 14.7. The molecule has 0 aromatic carbocycles. The molecule has 0 saturated carbocycles. The minimum atomic E-state index is 0. The third-order valence-electron chi connectivity index (χ3n) is 7.50. The van der Waals surface area contributed by atoms with Gasteiger partial charge in [0, 0.05) is 0 Å². The largest absolute Gasteiger partial charge is 1.00 e. The molecule has 0 aliphatic rings. The molecule has 30 heavy (non-hydrogen) atoms. The van der Waals surface area contributed by atoms with E-state index >= 15 is 0 Å². The number of unbranched alkanes of at least 4 members (excludes halogenated alkanes) is 19. The highest BCUT2D eigenvalue weighted by atomic mass is 79.9. The van der Waals surface area contributed by atoms with Crippen molar-refractivity contribution in [3.05, 3.63) is 0 Å². The molecular formula is C28H60BrN. The summed E-state index contributed by atoms with van der Waals surface area (Å²) in [4.78, 5) is 0. The molecule has 0 rings (SSSR count). The quantitative estimate of drug-likeness (QED) is 0.104. The van der Waals surface area contributed by atoms with Crippen molar-refractivity contribution in [3.63, 3.8) is 0 Å². The molecule has 0 saturated heterocycles. The van der Waals surface area contributed by atoms with Crippen molar-refractivity contribution in [1.82, 2.24) is 0 Å². The van der Waals surface area contributed by atoms with Gasteiger partial charge in [-0.1, -0.05) is 122 Å². The summed E-state index contributed by atoms with van der Waals surface area (Å²) in [5.41, 5.74) is 0. The van der Waals surface area contributed by atoms with Crippen LogP contribution in [0.1, 0.15) is 156 Å². The van der Waals surface area contributed by atoms with E-state index in [9.17, 15) is 0 Å². The van der Waals surface area contributed by atoms with Gasteiger partial charge in [-0.05, 0) is 33.6 Å². The van der Waals surface area contributed by atoms with E-state index in [4.69, 9.17) is 0 Å². The van der Waals surface area contributed by atoms with E-state index in [0.29, 0.717) is 0 Å². The zero-order valence-electron chi connectivity index (χ0n) is 21.8. The van der Waals surface area contributed by atoms with Gasteiger partial charge < -0.3 is 21.5 Å². The molecular weight excluding hydrogens is 430 g/mol. The molecule has 184 valence electrons. The van der Waals surface area contributed by atoms with Crippen molar-refractivity contribution in [1.29, 1.82) is 0 Å². The first-order valence-corrected chi connectivity index (χ1v) is 14.1. The zero-order chi connectivity index (χ0) is 21.5. The first-order valence-electron chi connectivity index (χ1n) is 14.1. The molecule has 0 aliphatic carbocycles. The van der Waals surface area contributed by atoms with Crippen LogP contribution in [0.5, 0.6) is 0 Å². The predicted molar refractivity (Wildman–Crippen MR) is 135 cm³/mol. The lowest BCUT2D eigenvalue weighted by atomic mass is 10.0. The second-order valence-corrected chi connectivity index (χ2v) is 9.73. The second kappa shape index (κ2) is 25.7. The Balaban J connectivity index is 0. The Labute approximate surface area is 203 Å². The summed E-state index contributed by atoms with van der Waals surface area (Å²) < 4.78 is 1.33. The summed E-state index contributed by atoms with van der Waals surface area (Å²) in [5.74, 6) is 0. The maximum atomic E-state index is 2.36. The predicted octanol–water partition coefficient (Wildman–Crippen LogP) is 6.69. The van der Waals surface area contributed by atoms with Crippen LogP contribution in [0.25, 0.3) is 0 Å². The van der Waals surface area contributed by atoms with Gasteiger partial charge in [-0.15, -0.1) is 0 Å². The Morgan fingerprint density at radius 1 is 0.333 bits per heavy atom. The summed E-state index contributed by atoms with van der Waals surface area (Å²) in [5, 5.41) is 0. The molecule has 0 aromatic heterocycles. The van der Waals surface area contributed by atoms with Crippen molar-refractivity contribution in [2.75, 3.05) is 26.2 Å². The lowest BCUT2D eigenvalue weighted by molar-refractivity contribution is -0.923. The van der Waals surface area contributed by atoms with E-state index < -0.39 is 0 Å². The van der Waals surface area contributed by atoms with E-state index in [0.717, 1.165) is 0 Å². The Bertz CT molecular complexity index is 293. The standard InChI is InChI=1S/C28H60N.BrH/c1-5-9-10-11-12-13-14-15-16-17-18-19-20-21-22-23-24-25-26-27-28-29(6-2,7-3)8-4;/h5-28H2,1-4H3;1H/q+1;/p-1. The maximum absolute atomic E-state index is 2.36. The molecule has 0 spiro atoms. The smallest absolute Gasteiger partial charge is 0.0786 e. The van der Waals surface area contributed by atoms with Gasteiger partial charge in [-0.2, -0.15) is 0 Å². The molecule has 2 heteroatoms. The summed E-state index contributed by atoms with van der Waals surface area (Å²) in [6, 6.07) is 0. The average molecular weight is 491 g/mol. The van der Waals surface area contributed by atoms with Gasteiger partial charge in [0.05, 0.1) is 26.2 Å². The number of rotatable bonds is 24. The van der Waals surface area contributed by atoms with Gasteiger partial charge >= 0.3 is 0 Å². The Morgan fingerprint density at radius 2 is 0.567 bits per heavy atom. The van der Waals surface area contributed by atoms with Gasteiger partial charge in [0.25, 0.3) is 0 Å². The normalized spacial score (nSPS) is 11.6. The third-order valence-corrected chi connectivity index (χ3v) is 7.50. The van der Waals surface area contributed by atoms with E-state index in [1.165, 1.54) is 159 Å². The van der Waals surface area contributed by atoms with Crippen LogP contribution >= 0.6 is 0 Å². The highest BCUT2D eigenvalue weighted by Crippen LogP contribution is 2.15. The zero-order valence-corrected chi connectivity index (χ0v) is 23.4. The number of nitrogens with zero attached hydrogens (tertiary/aromatic N) is 1. The van der Waals surface area contributed by atoms with Gasteiger partial charge in [-0.3, -0.25) is 0 Å². The lowest BCUT2D eigenvalue weighted by Crippen LogP contribution is -3.00. The fourth-order valence-corrected chi connectivity index (χ4v) is 4.85. The van der Waals surface area contributed by atoms with E-state index in [2.05, 4.69) is 27.7 Å². The van der Waals surface area contributed by atoms with Crippen LogP contribution < -0.4 is 17.0 Å². The first-order chi connectivity index (χ1) is 14.2. The van der Waals surface area contributed by atoms with Gasteiger partial charge in [0.1, 0.15) is 0 Å². The van der Waals surface area contributed by atoms with Crippen LogP contribution in [0.3, 0.4) is 0 Å². The summed E-state index contributed by atoms with van der Waals surface area (Å²) >= 11 is 0. The van der Waals surface area contributed by atoms with Crippen molar-refractivity contribution in [2.45, 2.75) is 156 Å². The molecule has 0 aliphatic heterocycles. The summed E-state index contributed by atoms with van der Waals surface area (Å²) in [6.07, 6.45) is 29.4. The van der Waals surface area contributed by atoms with E-state index in [1.54, 1.807) is 0 Å². The van der Waals surface area contributed by atoms with Crippen LogP contribution in [-0.2, 0) is 0 Å². The fourth-order valence-electron chi connectivity index (χ4n) is 4.85. The molecule has 0 atom stereocenters. The molecule has 0 unspecified atom stereocenters. The summed E-state index contributed by atoms with van der Waals surface area (Å²) in [7, 11) is 0. The molecule has 0 N–H and O–H groups in total. The highest BCUT2D eigenvalue weighted by Gasteiger charge is 2.19. The SMILES string of the molecule is CCCCCCCCCCCCCCCCCCCCCC[N+](CC)(CC)CC.[Br-]. The minimum Gasteiger partial charge on any atom is -1.00 e. The van der Waals surface area contributed by atoms with Gasteiger partial charge in [0.15, 0.2) is 0 Å². The number of quaternary nitrogens is 1. The van der Waals surface area contributed by atoms with Gasteiger partial charge in [-0.25, -0.2) is 0 Å². The third kappa shape index (κ3) is 20.3. The Morgan fingerprint density at radius 3 is 0.800 bits per heavy atom. The average Bonchev–Trinajstić information content (AvgIpc) is 2.75. The van der Waals surface area contributed by atoms with E-state index in [-0.39, 0.29) is 17.0 Å². The van der Waals surface area contributed by atoms with Crippen LogP contribution in [0, 0.1) is 0 Å². The second-order valence-electron chi connectivity index (χ2n) is 9.73. The number of halogens is 1. The Hall–Kier alpha value is 0.440. The molecule has 0 aromatic rings. The monoisotopic (exact) mass is 489 g/mol. The minimum absolute atomic E-state index is 0. The molecule has 0 amide bonds. The van der Waals surface area contributed by atoms with Crippen molar-refractivity contribution in [3.8, 4) is 0 Å². The van der Waals surface area contributed by atoms with Gasteiger partial charge in [0.2, 0.25) is 0 Å². The number of hydrogen-bond donors (Lipinski definition) is 0. The fraction of sp³-hybridized carbons (Fsp3) is 1.00. The van der Waals surface area contributed by atoms with Crippen molar-refractivity contribution < 1.29 is 21.5 Å². The molecule has 0 bridgehead atoms. The van der Waals surface area contributed by atoms with Crippen LogP contribution in [0.2, 0.25) is 0 Å².